The number of aliphatic hydroxyl groups is 1. The van der Waals surface area contributed by atoms with Gasteiger partial charge in [0.15, 0.2) is 0 Å². The molecule has 1 atom stereocenters. The zero-order chi connectivity index (χ0) is 15.0. The summed E-state index contributed by atoms with van der Waals surface area (Å²) in [6.07, 6.45) is 3.64. The minimum atomic E-state index is -0.997. The molecule has 3 nitrogen and oxygen atoms in total. The van der Waals surface area contributed by atoms with Gasteiger partial charge < -0.3 is 9.67 Å². The maximum atomic E-state index is 11.3. The first-order valence-electron chi connectivity index (χ1n) is 6.70. The van der Waals surface area contributed by atoms with Crippen molar-refractivity contribution in [2.75, 3.05) is 0 Å². The van der Waals surface area contributed by atoms with Crippen LogP contribution in [0.15, 0.2) is 36.7 Å². The molecular weight excluding hydrogens is 272 g/mol. The quantitative estimate of drug-likeness (QED) is 0.935. The average molecular weight is 293 g/mol. The van der Waals surface area contributed by atoms with Gasteiger partial charge in [0, 0.05) is 17.4 Å². The number of nitrogens with zero attached hydrogens (tertiary/aromatic N) is 2. The normalized spacial score (nSPS) is 15.1. The van der Waals surface area contributed by atoms with Crippen LogP contribution in [0, 0.1) is 12.3 Å². The van der Waals surface area contributed by atoms with Crippen molar-refractivity contribution in [1.82, 2.24) is 9.55 Å². The number of hydrogen-bond donors (Lipinski definition) is 1. The molecule has 1 unspecified atom stereocenters. The van der Waals surface area contributed by atoms with Gasteiger partial charge in [0.2, 0.25) is 0 Å². The first kappa shape index (κ1) is 15.1. The fourth-order valence-electron chi connectivity index (χ4n) is 2.30. The molecule has 2 rings (SSSR count). The first-order valence-corrected chi connectivity index (χ1v) is 7.08. The maximum Gasteiger partial charge on any atom is 0.112 e. The van der Waals surface area contributed by atoms with Gasteiger partial charge in [0.1, 0.15) is 11.4 Å². The van der Waals surface area contributed by atoms with Gasteiger partial charge in [-0.3, -0.25) is 0 Å². The minimum Gasteiger partial charge on any atom is -0.383 e. The Morgan fingerprint density at radius 1 is 1.20 bits per heavy atom. The van der Waals surface area contributed by atoms with E-state index in [0.29, 0.717) is 11.6 Å². The number of rotatable bonds is 3. The summed E-state index contributed by atoms with van der Waals surface area (Å²) < 4.78 is 1.97. The molecule has 0 amide bonds. The van der Waals surface area contributed by atoms with Crippen LogP contribution in [0.2, 0.25) is 5.02 Å². The van der Waals surface area contributed by atoms with Crippen molar-refractivity contribution >= 4 is 11.6 Å². The van der Waals surface area contributed by atoms with Crippen LogP contribution in [0.3, 0.4) is 0 Å². The number of hydrogen-bond acceptors (Lipinski definition) is 2. The van der Waals surface area contributed by atoms with Crippen LogP contribution in [0.1, 0.15) is 32.2 Å². The highest BCUT2D eigenvalue weighted by atomic mass is 35.5. The Balaban J connectivity index is 2.46. The molecule has 0 spiro atoms. The predicted octanol–water partition coefficient (Wildman–Crippen LogP) is 3.78. The maximum absolute atomic E-state index is 11.3. The van der Waals surface area contributed by atoms with Crippen LogP contribution >= 0.6 is 11.6 Å². The Hall–Kier alpha value is -1.32. The Morgan fingerprint density at radius 3 is 2.25 bits per heavy atom. The van der Waals surface area contributed by atoms with E-state index < -0.39 is 5.60 Å². The lowest BCUT2D eigenvalue weighted by Gasteiger charge is -2.41. The zero-order valence-electron chi connectivity index (χ0n) is 12.4. The standard InChI is InChI=1S/C16H21ClN2O/c1-12-18-9-10-19(12)11-16(20,15(2,3)4)13-5-7-14(17)8-6-13/h5-10,20H,11H2,1-4H3. The summed E-state index contributed by atoms with van der Waals surface area (Å²) in [6, 6.07) is 7.41. The van der Waals surface area contributed by atoms with Gasteiger partial charge >= 0.3 is 0 Å². The number of halogens is 1. The molecule has 20 heavy (non-hydrogen) atoms. The van der Waals surface area contributed by atoms with Gasteiger partial charge in [-0.15, -0.1) is 0 Å². The second-order valence-electron chi connectivity index (χ2n) is 6.22. The fraction of sp³-hybridized carbons (Fsp3) is 0.438. The molecule has 108 valence electrons. The van der Waals surface area contributed by atoms with E-state index in [2.05, 4.69) is 4.98 Å². The molecule has 2 aromatic rings. The Labute approximate surface area is 125 Å². The lowest BCUT2D eigenvalue weighted by atomic mass is 9.72. The van der Waals surface area contributed by atoms with E-state index in [0.717, 1.165) is 11.4 Å². The highest BCUT2D eigenvalue weighted by Crippen LogP contribution is 2.41. The molecule has 0 radical (unpaired) electrons. The van der Waals surface area contributed by atoms with E-state index in [1.165, 1.54) is 0 Å². The second-order valence-corrected chi connectivity index (χ2v) is 6.66. The van der Waals surface area contributed by atoms with E-state index in [4.69, 9.17) is 11.6 Å². The van der Waals surface area contributed by atoms with Crippen LogP contribution in [0.25, 0.3) is 0 Å². The third-order valence-corrected chi connectivity index (χ3v) is 4.14. The summed E-state index contributed by atoms with van der Waals surface area (Å²) in [5.74, 6) is 0.890. The van der Waals surface area contributed by atoms with E-state index in [9.17, 15) is 5.11 Å². The van der Waals surface area contributed by atoms with Crippen molar-refractivity contribution in [2.45, 2.75) is 39.8 Å². The molecule has 0 bridgehead atoms. The van der Waals surface area contributed by atoms with Crippen molar-refractivity contribution in [1.29, 1.82) is 0 Å². The third kappa shape index (κ3) is 2.74. The zero-order valence-corrected chi connectivity index (χ0v) is 13.1. The molecule has 0 aliphatic heterocycles. The predicted molar refractivity (Wildman–Crippen MR) is 81.8 cm³/mol. The van der Waals surface area contributed by atoms with Crippen molar-refractivity contribution in [3.63, 3.8) is 0 Å². The smallest absolute Gasteiger partial charge is 0.112 e. The molecule has 0 saturated heterocycles. The van der Waals surface area contributed by atoms with Gasteiger partial charge in [-0.25, -0.2) is 4.98 Å². The lowest BCUT2D eigenvalue weighted by molar-refractivity contribution is -0.0784. The minimum absolute atomic E-state index is 0.322. The monoisotopic (exact) mass is 292 g/mol. The van der Waals surface area contributed by atoms with Crippen LogP contribution in [-0.2, 0) is 12.1 Å². The Kier molecular flexibility index (Phi) is 3.94. The largest absolute Gasteiger partial charge is 0.383 e. The van der Waals surface area contributed by atoms with Gasteiger partial charge in [0.05, 0.1) is 6.54 Å². The fourth-order valence-corrected chi connectivity index (χ4v) is 2.43. The van der Waals surface area contributed by atoms with Gasteiger partial charge in [-0.05, 0) is 30.0 Å². The van der Waals surface area contributed by atoms with Crippen molar-refractivity contribution in [3.8, 4) is 0 Å². The Morgan fingerprint density at radius 2 is 1.80 bits per heavy atom. The first-order chi connectivity index (χ1) is 9.24. The molecule has 1 N–H and O–H groups in total. The molecule has 0 saturated carbocycles. The average Bonchev–Trinajstić information content (AvgIpc) is 2.74. The van der Waals surface area contributed by atoms with Gasteiger partial charge in [0.25, 0.3) is 0 Å². The highest BCUT2D eigenvalue weighted by Gasteiger charge is 2.42. The molecule has 1 heterocycles. The number of aromatic nitrogens is 2. The van der Waals surface area contributed by atoms with Gasteiger partial charge in [-0.1, -0.05) is 44.5 Å². The van der Waals surface area contributed by atoms with E-state index in [-0.39, 0.29) is 5.41 Å². The van der Waals surface area contributed by atoms with E-state index >= 15 is 0 Å². The van der Waals surface area contributed by atoms with Crippen LogP contribution in [0.5, 0.6) is 0 Å². The SMILES string of the molecule is Cc1nccn1CC(O)(c1ccc(Cl)cc1)C(C)(C)C. The topological polar surface area (TPSA) is 38.0 Å². The molecule has 0 fully saturated rings. The molecule has 1 aromatic carbocycles. The van der Waals surface area contributed by atoms with E-state index in [1.807, 2.05) is 62.7 Å². The van der Waals surface area contributed by atoms with Crippen LogP contribution in [-0.4, -0.2) is 14.7 Å². The second kappa shape index (κ2) is 5.23. The molecule has 0 aliphatic carbocycles. The number of aryl methyl sites for hydroxylation is 1. The molecule has 0 aliphatic rings. The summed E-state index contributed by atoms with van der Waals surface area (Å²) in [4.78, 5) is 4.22. The third-order valence-electron chi connectivity index (χ3n) is 3.89. The highest BCUT2D eigenvalue weighted by molar-refractivity contribution is 6.30. The molecule has 1 aromatic heterocycles. The van der Waals surface area contributed by atoms with E-state index in [1.54, 1.807) is 6.20 Å². The van der Waals surface area contributed by atoms with Gasteiger partial charge in [-0.2, -0.15) is 0 Å². The summed E-state index contributed by atoms with van der Waals surface area (Å²) >= 11 is 5.95. The number of benzene rings is 1. The summed E-state index contributed by atoms with van der Waals surface area (Å²) in [7, 11) is 0. The number of imidazole rings is 1. The molecule has 4 heteroatoms. The van der Waals surface area contributed by atoms with Crippen LogP contribution < -0.4 is 0 Å². The summed E-state index contributed by atoms with van der Waals surface area (Å²) in [5.41, 5.74) is -0.455. The van der Waals surface area contributed by atoms with Crippen molar-refractivity contribution < 1.29 is 5.11 Å². The van der Waals surface area contributed by atoms with Crippen molar-refractivity contribution in [3.05, 3.63) is 53.1 Å². The van der Waals surface area contributed by atoms with Crippen molar-refractivity contribution in [2.24, 2.45) is 5.41 Å². The van der Waals surface area contributed by atoms with Crippen LogP contribution in [0.4, 0.5) is 0 Å². The Bertz CT molecular complexity index is 583. The lowest BCUT2D eigenvalue weighted by Crippen LogP contribution is -2.43. The molecular formula is C16H21ClN2O. The summed E-state index contributed by atoms with van der Waals surface area (Å²) in [5, 5.41) is 12.0. The summed E-state index contributed by atoms with van der Waals surface area (Å²) in [6.45, 7) is 8.50.